The van der Waals surface area contributed by atoms with Gasteiger partial charge in [-0.15, -0.1) is 0 Å². The molecule has 0 saturated carbocycles. The van der Waals surface area contributed by atoms with Crippen molar-refractivity contribution in [3.63, 3.8) is 0 Å². The minimum Gasteiger partial charge on any atom is -0.504 e. The van der Waals surface area contributed by atoms with E-state index >= 15 is 0 Å². The van der Waals surface area contributed by atoms with Crippen molar-refractivity contribution in [3.8, 4) is 11.5 Å². The van der Waals surface area contributed by atoms with Gasteiger partial charge in [0.05, 0.1) is 7.11 Å². The Morgan fingerprint density at radius 2 is 1.95 bits per heavy atom. The summed E-state index contributed by atoms with van der Waals surface area (Å²) < 4.78 is 5.10. The van der Waals surface area contributed by atoms with Crippen LogP contribution in [0, 0.1) is 0 Å². The normalized spacial score (nSPS) is 12.8. The Morgan fingerprint density at radius 1 is 1.18 bits per heavy atom. The minimum atomic E-state index is 0.146. The molecule has 2 nitrogen and oxygen atoms in total. The summed E-state index contributed by atoms with van der Waals surface area (Å²) in [6.07, 6.45) is 8.11. The standard InChI is InChI=1S/C20H20O2/c1-15(9-12-18-7-5-4-6-16(18)2)8-10-17-11-13-19(21)20(14-17)22-3/h4-14,21H,2H2,1,3H3/b10-8+,15-9+,18-12-. The Labute approximate surface area is 131 Å². The molecule has 0 aliphatic carbocycles. The van der Waals surface area contributed by atoms with Crippen molar-refractivity contribution in [1.29, 1.82) is 0 Å². The van der Waals surface area contributed by atoms with E-state index in [2.05, 4.69) is 18.7 Å². The van der Waals surface area contributed by atoms with Gasteiger partial charge in [-0.05, 0) is 35.1 Å². The molecule has 0 aliphatic rings. The quantitative estimate of drug-likeness (QED) is 0.877. The van der Waals surface area contributed by atoms with E-state index in [0.717, 1.165) is 21.6 Å². The number of benzene rings is 2. The van der Waals surface area contributed by atoms with E-state index in [-0.39, 0.29) is 5.75 Å². The van der Waals surface area contributed by atoms with Gasteiger partial charge in [-0.1, -0.05) is 66.8 Å². The fourth-order valence-electron chi connectivity index (χ4n) is 2.00. The second kappa shape index (κ2) is 7.32. The van der Waals surface area contributed by atoms with Gasteiger partial charge in [0.2, 0.25) is 0 Å². The van der Waals surface area contributed by atoms with E-state index in [1.54, 1.807) is 19.2 Å². The zero-order chi connectivity index (χ0) is 15.9. The first-order valence-corrected chi connectivity index (χ1v) is 7.08. The summed E-state index contributed by atoms with van der Waals surface area (Å²) in [6.45, 7) is 6.04. The molecule has 0 saturated heterocycles. The van der Waals surface area contributed by atoms with E-state index in [4.69, 9.17) is 4.74 Å². The van der Waals surface area contributed by atoms with Crippen molar-refractivity contribution in [2.24, 2.45) is 0 Å². The summed E-state index contributed by atoms with van der Waals surface area (Å²) in [6, 6.07) is 13.3. The number of rotatable bonds is 4. The molecule has 0 amide bonds. The van der Waals surface area contributed by atoms with Crippen molar-refractivity contribution in [1.82, 2.24) is 0 Å². The number of ether oxygens (including phenoxy) is 1. The van der Waals surface area contributed by atoms with Crippen LogP contribution < -0.4 is 15.2 Å². The van der Waals surface area contributed by atoms with Gasteiger partial charge in [-0.2, -0.15) is 0 Å². The van der Waals surface area contributed by atoms with Crippen LogP contribution in [0.5, 0.6) is 11.5 Å². The lowest BCUT2D eigenvalue weighted by atomic mass is 10.1. The summed E-state index contributed by atoms with van der Waals surface area (Å²) in [5, 5.41) is 11.7. The third-order valence-corrected chi connectivity index (χ3v) is 3.32. The van der Waals surface area contributed by atoms with Gasteiger partial charge in [0, 0.05) is 0 Å². The largest absolute Gasteiger partial charge is 0.504 e. The lowest BCUT2D eigenvalue weighted by Crippen LogP contribution is -2.21. The summed E-state index contributed by atoms with van der Waals surface area (Å²) in [5.41, 5.74) is 2.09. The Morgan fingerprint density at radius 3 is 2.68 bits per heavy atom. The third kappa shape index (κ3) is 4.13. The molecule has 22 heavy (non-hydrogen) atoms. The monoisotopic (exact) mass is 292 g/mol. The van der Waals surface area contributed by atoms with E-state index < -0.39 is 0 Å². The first-order chi connectivity index (χ1) is 10.6. The van der Waals surface area contributed by atoms with Crippen molar-refractivity contribution < 1.29 is 9.84 Å². The predicted octanol–water partition coefficient (Wildman–Crippen LogP) is 3.25. The minimum absolute atomic E-state index is 0.146. The highest BCUT2D eigenvalue weighted by atomic mass is 16.5. The maximum absolute atomic E-state index is 9.58. The molecule has 2 rings (SSSR count). The van der Waals surface area contributed by atoms with Gasteiger partial charge < -0.3 is 9.84 Å². The van der Waals surface area contributed by atoms with Gasteiger partial charge in [0.25, 0.3) is 0 Å². The van der Waals surface area contributed by atoms with Crippen molar-refractivity contribution in [3.05, 3.63) is 76.2 Å². The highest BCUT2D eigenvalue weighted by Crippen LogP contribution is 2.26. The Balaban J connectivity index is 2.20. The first kappa shape index (κ1) is 15.6. The molecule has 0 fully saturated rings. The molecule has 0 radical (unpaired) electrons. The molecule has 1 N–H and O–H groups in total. The maximum Gasteiger partial charge on any atom is 0.161 e. The number of methoxy groups -OCH3 is 1. The zero-order valence-corrected chi connectivity index (χ0v) is 12.9. The molecular formula is C20H20O2. The topological polar surface area (TPSA) is 29.5 Å². The van der Waals surface area contributed by atoms with Gasteiger partial charge in [0.15, 0.2) is 11.5 Å². The van der Waals surface area contributed by atoms with Crippen LogP contribution in [-0.4, -0.2) is 12.2 Å². The molecular weight excluding hydrogens is 272 g/mol. The lowest BCUT2D eigenvalue weighted by Gasteiger charge is -2.03. The van der Waals surface area contributed by atoms with Crippen LogP contribution in [-0.2, 0) is 0 Å². The van der Waals surface area contributed by atoms with Crippen LogP contribution in [0.2, 0.25) is 0 Å². The van der Waals surface area contributed by atoms with Crippen molar-refractivity contribution in [2.75, 3.05) is 7.11 Å². The second-order valence-corrected chi connectivity index (χ2v) is 5.04. The fraction of sp³-hybridized carbons (Fsp3) is 0.100. The summed E-state index contributed by atoms with van der Waals surface area (Å²) in [4.78, 5) is 0. The molecule has 2 aromatic rings. The lowest BCUT2D eigenvalue weighted by molar-refractivity contribution is 0.373. The van der Waals surface area contributed by atoms with Gasteiger partial charge in [-0.25, -0.2) is 0 Å². The average Bonchev–Trinajstić information content (AvgIpc) is 2.53. The average molecular weight is 292 g/mol. The Bertz CT molecular complexity index is 814. The number of aromatic hydroxyl groups is 1. The number of hydrogen-bond acceptors (Lipinski definition) is 2. The SMILES string of the molecule is C=c1cccc/c1=C/C=C(C)/C=C/c1ccc(O)c(OC)c1. The Hall–Kier alpha value is -2.74. The predicted molar refractivity (Wildman–Crippen MR) is 93.1 cm³/mol. The van der Waals surface area contributed by atoms with Crippen molar-refractivity contribution >= 4 is 18.7 Å². The fourth-order valence-corrected chi connectivity index (χ4v) is 2.00. The third-order valence-electron chi connectivity index (χ3n) is 3.32. The van der Waals surface area contributed by atoms with Crippen LogP contribution >= 0.6 is 0 Å². The number of phenols is 1. The van der Waals surface area contributed by atoms with Crippen LogP contribution in [0.25, 0.3) is 18.7 Å². The molecule has 0 aliphatic heterocycles. The molecule has 0 unspecified atom stereocenters. The molecule has 0 bridgehead atoms. The summed E-state index contributed by atoms with van der Waals surface area (Å²) >= 11 is 0. The molecule has 2 heteroatoms. The second-order valence-electron chi connectivity index (χ2n) is 5.04. The highest BCUT2D eigenvalue weighted by Gasteiger charge is 1.99. The number of allylic oxidation sites excluding steroid dienone is 3. The molecule has 112 valence electrons. The zero-order valence-electron chi connectivity index (χ0n) is 12.9. The van der Waals surface area contributed by atoms with Crippen LogP contribution in [0.15, 0.2) is 60.2 Å². The number of hydrogen-bond donors (Lipinski definition) is 1. The molecule has 0 aromatic heterocycles. The van der Waals surface area contributed by atoms with Crippen LogP contribution in [0.4, 0.5) is 0 Å². The van der Waals surface area contributed by atoms with E-state index in [1.807, 2.05) is 49.4 Å². The maximum atomic E-state index is 9.58. The molecule has 0 spiro atoms. The Kier molecular flexibility index (Phi) is 5.21. The smallest absolute Gasteiger partial charge is 0.161 e. The van der Waals surface area contributed by atoms with Crippen molar-refractivity contribution in [2.45, 2.75) is 6.92 Å². The summed E-state index contributed by atoms with van der Waals surface area (Å²) in [5.74, 6) is 0.619. The van der Waals surface area contributed by atoms with Crippen LogP contribution in [0.1, 0.15) is 12.5 Å². The van der Waals surface area contributed by atoms with Crippen LogP contribution in [0.3, 0.4) is 0 Å². The van der Waals surface area contributed by atoms with E-state index in [1.165, 1.54) is 0 Å². The van der Waals surface area contributed by atoms with Gasteiger partial charge >= 0.3 is 0 Å². The molecule has 2 aromatic carbocycles. The van der Waals surface area contributed by atoms with Gasteiger partial charge in [0.1, 0.15) is 0 Å². The molecule has 0 heterocycles. The van der Waals surface area contributed by atoms with E-state index in [0.29, 0.717) is 5.75 Å². The molecule has 0 atom stereocenters. The first-order valence-electron chi connectivity index (χ1n) is 7.08. The van der Waals surface area contributed by atoms with Gasteiger partial charge in [-0.3, -0.25) is 0 Å². The highest BCUT2D eigenvalue weighted by molar-refractivity contribution is 5.58. The summed E-state index contributed by atoms with van der Waals surface area (Å²) in [7, 11) is 1.54. The van der Waals surface area contributed by atoms with E-state index in [9.17, 15) is 5.11 Å². The number of phenolic OH excluding ortho intramolecular Hbond substituents is 1.